The van der Waals surface area contributed by atoms with Crippen molar-refractivity contribution >= 4 is 5.84 Å². The van der Waals surface area contributed by atoms with Crippen molar-refractivity contribution in [3.63, 3.8) is 0 Å². The Kier molecular flexibility index (Phi) is 2.82. The Bertz CT molecular complexity index is 479. The molecule has 0 unspecified atom stereocenters. The number of para-hydroxylation sites is 1. The van der Waals surface area contributed by atoms with Gasteiger partial charge in [0.25, 0.3) is 0 Å². The van der Waals surface area contributed by atoms with Gasteiger partial charge in [0, 0.05) is 17.8 Å². The highest BCUT2D eigenvalue weighted by Gasteiger charge is 2.00. The van der Waals surface area contributed by atoms with Crippen molar-refractivity contribution in [1.82, 2.24) is 4.98 Å². The predicted octanol–water partition coefficient (Wildman–Crippen LogP) is 2.16. The van der Waals surface area contributed by atoms with Gasteiger partial charge in [0.2, 0.25) is 5.88 Å². The molecule has 2 aromatic rings. The highest BCUT2D eigenvalue weighted by molar-refractivity contribution is 5.94. The summed E-state index contributed by atoms with van der Waals surface area (Å²) in [5, 5.41) is 7.22. The molecule has 1 aromatic carbocycles. The molecule has 0 saturated heterocycles. The fourth-order valence-electron chi connectivity index (χ4n) is 1.21. The third-order valence-electron chi connectivity index (χ3n) is 2.01. The quantitative estimate of drug-likeness (QED) is 0.606. The van der Waals surface area contributed by atoms with E-state index in [2.05, 4.69) is 4.98 Å². The average Bonchev–Trinajstić information content (AvgIpc) is 2.31. The first-order chi connectivity index (χ1) is 7.75. The molecule has 0 spiro atoms. The van der Waals surface area contributed by atoms with E-state index >= 15 is 0 Å². The van der Waals surface area contributed by atoms with Gasteiger partial charge in [-0.2, -0.15) is 0 Å². The van der Waals surface area contributed by atoms with Gasteiger partial charge in [-0.1, -0.05) is 18.2 Å². The van der Waals surface area contributed by atoms with Gasteiger partial charge in [0.15, 0.2) is 0 Å². The van der Waals surface area contributed by atoms with Crippen LogP contribution in [0.1, 0.15) is 5.56 Å². The van der Waals surface area contributed by atoms with Crippen LogP contribution < -0.4 is 10.5 Å². The lowest BCUT2D eigenvalue weighted by Gasteiger charge is -2.04. The second-order valence-corrected chi connectivity index (χ2v) is 3.21. The molecule has 2 rings (SSSR count). The molecule has 0 saturated carbocycles. The van der Waals surface area contributed by atoms with Gasteiger partial charge in [-0.05, 0) is 18.2 Å². The maximum Gasteiger partial charge on any atom is 0.219 e. The highest BCUT2D eigenvalue weighted by atomic mass is 16.5. The second kappa shape index (κ2) is 4.44. The van der Waals surface area contributed by atoms with E-state index in [4.69, 9.17) is 15.9 Å². The van der Waals surface area contributed by atoms with Crippen molar-refractivity contribution in [2.45, 2.75) is 0 Å². The summed E-state index contributed by atoms with van der Waals surface area (Å²) in [6.07, 6.45) is 1.51. The number of nitrogens with zero attached hydrogens (tertiary/aromatic N) is 1. The van der Waals surface area contributed by atoms with Crippen molar-refractivity contribution in [2.24, 2.45) is 5.73 Å². The molecule has 0 aliphatic heterocycles. The first-order valence-electron chi connectivity index (χ1n) is 4.79. The molecule has 1 heterocycles. The summed E-state index contributed by atoms with van der Waals surface area (Å²) in [6.45, 7) is 0. The average molecular weight is 213 g/mol. The number of nitrogens with two attached hydrogens (primary N) is 1. The van der Waals surface area contributed by atoms with Gasteiger partial charge in [0.05, 0.1) is 0 Å². The third kappa shape index (κ3) is 2.36. The van der Waals surface area contributed by atoms with Gasteiger partial charge in [0.1, 0.15) is 11.6 Å². The maximum absolute atomic E-state index is 7.22. The number of benzene rings is 1. The molecule has 3 N–H and O–H groups in total. The number of aromatic nitrogens is 1. The smallest absolute Gasteiger partial charge is 0.219 e. The van der Waals surface area contributed by atoms with E-state index in [0.29, 0.717) is 11.4 Å². The van der Waals surface area contributed by atoms with E-state index in [0.717, 1.165) is 5.75 Å². The Morgan fingerprint density at radius 2 is 1.88 bits per heavy atom. The van der Waals surface area contributed by atoms with Gasteiger partial charge in [-0.15, -0.1) is 0 Å². The molecule has 0 radical (unpaired) electrons. The maximum atomic E-state index is 7.22. The van der Waals surface area contributed by atoms with Crippen LogP contribution in [-0.4, -0.2) is 10.8 Å². The number of nitrogen functional groups attached to an aromatic ring is 1. The topological polar surface area (TPSA) is 72.0 Å². The third-order valence-corrected chi connectivity index (χ3v) is 2.01. The molecule has 4 nitrogen and oxygen atoms in total. The van der Waals surface area contributed by atoms with E-state index in [9.17, 15) is 0 Å². The Hall–Kier alpha value is -2.36. The number of nitrogens with one attached hydrogen (secondary N) is 1. The zero-order valence-corrected chi connectivity index (χ0v) is 8.55. The molecular weight excluding hydrogens is 202 g/mol. The van der Waals surface area contributed by atoms with Crippen LogP contribution in [0.3, 0.4) is 0 Å². The number of pyridine rings is 1. The van der Waals surface area contributed by atoms with Crippen molar-refractivity contribution in [2.75, 3.05) is 0 Å². The lowest BCUT2D eigenvalue weighted by molar-refractivity contribution is 0.463. The van der Waals surface area contributed by atoms with Crippen molar-refractivity contribution in [3.8, 4) is 11.6 Å². The Morgan fingerprint density at radius 1 is 1.12 bits per heavy atom. The van der Waals surface area contributed by atoms with Gasteiger partial charge in [-0.3, -0.25) is 5.41 Å². The largest absolute Gasteiger partial charge is 0.439 e. The Balaban J connectivity index is 2.14. The minimum atomic E-state index is -0.00115. The molecule has 4 heteroatoms. The van der Waals surface area contributed by atoms with Gasteiger partial charge in [-0.25, -0.2) is 4.98 Å². The summed E-state index contributed by atoms with van der Waals surface area (Å²) in [7, 11) is 0. The molecule has 0 aliphatic carbocycles. The minimum Gasteiger partial charge on any atom is -0.439 e. The van der Waals surface area contributed by atoms with Crippen LogP contribution in [0.15, 0.2) is 48.7 Å². The van der Waals surface area contributed by atoms with Crippen molar-refractivity contribution < 1.29 is 4.74 Å². The predicted molar refractivity (Wildman–Crippen MR) is 61.8 cm³/mol. The van der Waals surface area contributed by atoms with Gasteiger partial charge < -0.3 is 10.5 Å². The minimum absolute atomic E-state index is 0.00115. The summed E-state index contributed by atoms with van der Waals surface area (Å²) in [4.78, 5) is 4.05. The summed E-state index contributed by atoms with van der Waals surface area (Å²) in [5.74, 6) is 1.21. The molecule has 0 atom stereocenters. The number of amidine groups is 1. The fourth-order valence-corrected chi connectivity index (χ4v) is 1.21. The number of hydrogen-bond donors (Lipinski definition) is 2. The summed E-state index contributed by atoms with van der Waals surface area (Å²) >= 11 is 0. The summed E-state index contributed by atoms with van der Waals surface area (Å²) < 4.78 is 5.49. The molecule has 16 heavy (non-hydrogen) atoms. The van der Waals surface area contributed by atoms with Crippen LogP contribution >= 0.6 is 0 Å². The number of rotatable bonds is 3. The highest BCUT2D eigenvalue weighted by Crippen LogP contribution is 2.18. The first kappa shape index (κ1) is 10.2. The van der Waals surface area contributed by atoms with E-state index in [-0.39, 0.29) is 5.84 Å². The normalized spacial score (nSPS) is 9.75. The zero-order chi connectivity index (χ0) is 11.4. The van der Waals surface area contributed by atoms with E-state index < -0.39 is 0 Å². The summed E-state index contributed by atoms with van der Waals surface area (Å²) in [5.41, 5.74) is 5.90. The lowest BCUT2D eigenvalue weighted by atomic mass is 10.3. The molecule has 80 valence electrons. The first-order valence-corrected chi connectivity index (χ1v) is 4.79. The second-order valence-electron chi connectivity index (χ2n) is 3.21. The standard InChI is InChI=1S/C12H11N3O/c13-12(14)9-6-7-11(15-8-9)16-10-4-2-1-3-5-10/h1-8H,(H3,13,14). The SMILES string of the molecule is N=C(N)c1ccc(Oc2ccccc2)nc1. The van der Waals surface area contributed by atoms with Crippen LogP contribution in [0.4, 0.5) is 0 Å². The van der Waals surface area contributed by atoms with Crippen molar-refractivity contribution in [1.29, 1.82) is 5.41 Å². The summed E-state index contributed by atoms with van der Waals surface area (Å²) in [6, 6.07) is 12.8. The Labute approximate surface area is 93.2 Å². The zero-order valence-electron chi connectivity index (χ0n) is 8.55. The molecular formula is C12H11N3O. The van der Waals surface area contributed by atoms with Crippen LogP contribution in [0.25, 0.3) is 0 Å². The van der Waals surface area contributed by atoms with Crippen LogP contribution in [0.5, 0.6) is 11.6 Å². The van der Waals surface area contributed by atoms with E-state index in [1.807, 2.05) is 30.3 Å². The van der Waals surface area contributed by atoms with Crippen LogP contribution in [0.2, 0.25) is 0 Å². The Morgan fingerprint density at radius 3 is 2.44 bits per heavy atom. The molecule has 0 aliphatic rings. The fraction of sp³-hybridized carbons (Fsp3) is 0. The van der Waals surface area contributed by atoms with E-state index in [1.54, 1.807) is 12.1 Å². The van der Waals surface area contributed by atoms with Crippen LogP contribution in [0, 0.1) is 5.41 Å². The number of hydrogen-bond acceptors (Lipinski definition) is 3. The van der Waals surface area contributed by atoms with Crippen molar-refractivity contribution in [3.05, 3.63) is 54.2 Å². The molecule has 0 amide bonds. The lowest BCUT2D eigenvalue weighted by Crippen LogP contribution is -2.11. The van der Waals surface area contributed by atoms with Gasteiger partial charge >= 0.3 is 0 Å². The monoisotopic (exact) mass is 213 g/mol. The molecule has 0 bridgehead atoms. The molecule has 0 fully saturated rings. The van der Waals surface area contributed by atoms with Crippen LogP contribution in [-0.2, 0) is 0 Å². The van der Waals surface area contributed by atoms with E-state index in [1.165, 1.54) is 6.20 Å². The number of ether oxygens (including phenoxy) is 1. The molecule has 1 aromatic heterocycles.